The molecular formula is C21H18ClFN4O2. The molecule has 1 atom stereocenters. The number of para-hydroxylation sites is 2. The lowest BCUT2D eigenvalue weighted by Crippen LogP contribution is -2.15. The number of nitrogens with zero attached hydrogens (tertiary/aromatic N) is 3. The van der Waals surface area contributed by atoms with Crippen LogP contribution >= 0.6 is 11.6 Å². The van der Waals surface area contributed by atoms with E-state index in [0.717, 1.165) is 0 Å². The van der Waals surface area contributed by atoms with Crippen LogP contribution in [0.4, 0.5) is 10.2 Å². The zero-order valence-electron chi connectivity index (χ0n) is 15.8. The van der Waals surface area contributed by atoms with Crippen LogP contribution < -0.4 is 5.73 Å². The van der Waals surface area contributed by atoms with Crippen LogP contribution in [0, 0.1) is 5.82 Å². The number of aromatic nitrogens is 3. The summed E-state index contributed by atoms with van der Waals surface area (Å²) in [6, 6.07) is 11.4. The SMILES string of the molecule is CCC(C)OC(=O)c1c(N)n(-c2ccc(F)c(Cl)c2)c2nc3ccccc3nc12. The minimum absolute atomic E-state index is 0.0683. The molecule has 1 unspecified atom stereocenters. The molecule has 2 aromatic carbocycles. The van der Waals surface area contributed by atoms with E-state index >= 15 is 0 Å². The van der Waals surface area contributed by atoms with Crippen LogP contribution in [0.15, 0.2) is 42.5 Å². The van der Waals surface area contributed by atoms with E-state index in [1.807, 2.05) is 25.1 Å². The van der Waals surface area contributed by atoms with Crippen molar-refractivity contribution < 1.29 is 13.9 Å². The average Bonchev–Trinajstić information content (AvgIpc) is 2.99. The highest BCUT2D eigenvalue weighted by molar-refractivity contribution is 6.31. The number of halogens is 2. The molecule has 4 rings (SSSR count). The Labute approximate surface area is 171 Å². The van der Waals surface area contributed by atoms with Crippen LogP contribution in [-0.2, 0) is 4.74 Å². The molecule has 0 aliphatic heterocycles. The lowest BCUT2D eigenvalue weighted by atomic mass is 10.2. The number of benzene rings is 2. The zero-order valence-corrected chi connectivity index (χ0v) is 16.6. The van der Waals surface area contributed by atoms with Gasteiger partial charge in [0, 0.05) is 0 Å². The summed E-state index contributed by atoms with van der Waals surface area (Å²) in [4.78, 5) is 22.1. The Morgan fingerprint density at radius 2 is 1.93 bits per heavy atom. The fraction of sp³-hybridized carbons (Fsp3) is 0.190. The molecule has 29 heavy (non-hydrogen) atoms. The molecule has 0 aliphatic rings. The van der Waals surface area contributed by atoms with E-state index in [0.29, 0.717) is 34.3 Å². The van der Waals surface area contributed by atoms with E-state index in [1.54, 1.807) is 13.0 Å². The number of nitrogens with two attached hydrogens (primary N) is 1. The van der Waals surface area contributed by atoms with E-state index < -0.39 is 11.8 Å². The molecule has 0 amide bonds. The maximum atomic E-state index is 13.7. The van der Waals surface area contributed by atoms with Gasteiger partial charge >= 0.3 is 5.97 Å². The van der Waals surface area contributed by atoms with E-state index in [9.17, 15) is 9.18 Å². The van der Waals surface area contributed by atoms with Crippen molar-refractivity contribution >= 4 is 45.6 Å². The predicted octanol–water partition coefficient (Wildman–Crippen LogP) is 4.90. The number of esters is 1. The molecule has 0 saturated heterocycles. The van der Waals surface area contributed by atoms with Crippen molar-refractivity contribution in [3.63, 3.8) is 0 Å². The molecule has 0 aliphatic carbocycles. The smallest absolute Gasteiger partial charge is 0.344 e. The molecule has 2 heterocycles. The van der Waals surface area contributed by atoms with Crippen LogP contribution in [0.1, 0.15) is 30.6 Å². The Balaban J connectivity index is 2.04. The average molecular weight is 413 g/mol. The fourth-order valence-electron chi connectivity index (χ4n) is 3.07. The summed E-state index contributed by atoms with van der Waals surface area (Å²) in [5, 5.41) is -0.0683. The first-order chi connectivity index (χ1) is 13.9. The second-order valence-corrected chi connectivity index (χ2v) is 7.11. The second-order valence-electron chi connectivity index (χ2n) is 6.70. The van der Waals surface area contributed by atoms with E-state index in [1.165, 1.54) is 22.8 Å². The Morgan fingerprint density at radius 3 is 2.59 bits per heavy atom. The van der Waals surface area contributed by atoms with Gasteiger partial charge in [-0.3, -0.25) is 4.57 Å². The van der Waals surface area contributed by atoms with Gasteiger partial charge in [0.1, 0.15) is 22.7 Å². The second kappa shape index (κ2) is 7.33. The number of carbonyl (C=O) groups excluding carboxylic acids is 1. The van der Waals surface area contributed by atoms with Crippen molar-refractivity contribution in [2.45, 2.75) is 26.4 Å². The van der Waals surface area contributed by atoms with Crippen molar-refractivity contribution in [1.82, 2.24) is 14.5 Å². The summed E-state index contributed by atoms with van der Waals surface area (Å²) in [5.74, 6) is -1.04. The molecule has 8 heteroatoms. The van der Waals surface area contributed by atoms with Gasteiger partial charge in [-0.25, -0.2) is 19.2 Å². The van der Waals surface area contributed by atoms with Crippen molar-refractivity contribution in [3.05, 3.63) is 58.9 Å². The molecule has 0 bridgehead atoms. The number of nitrogen functional groups attached to an aromatic ring is 1. The summed E-state index contributed by atoms with van der Waals surface area (Å²) < 4.78 is 20.7. The molecule has 0 spiro atoms. The number of carbonyl (C=O) groups is 1. The van der Waals surface area contributed by atoms with Gasteiger partial charge in [0.15, 0.2) is 5.65 Å². The van der Waals surface area contributed by atoms with Gasteiger partial charge in [0.05, 0.1) is 27.8 Å². The van der Waals surface area contributed by atoms with Gasteiger partial charge in [-0.15, -0.1) is 0 Å². The molecule has 6 nitrogen and oxygen atoms in total. The maximum Gasteiger partial charge on any atom is 0.344 e. The number of hydrogen-bond acceptors (Lipinski definition) is 5. The van der Waals surface area contributed by atoms with Crippen molar-refractivity contribution in [1.29, 1.82) is 0 Å². The molecular weight excluding hydrogens is 395 g/mol. The predicted molar refractivity (Wildman–Crippen MR) is 111 cm³/mol. The van der Waals surface area contributed by atoms with E-state index in [-0.39, 0.29) is 22.5 Å². The topological polar surface area (TPSA) is 83.0 Å². The van der Waals surface area contributed by atoms with Crippen LogP contribution in [-0.4, -0.2) is 26.6 Å². The Bertz CT molecular complexity index is 1250. The minimum atomic E-state index is -0.585. The van der Waals surface area contributed by atoms with E-state index in [2.05, 4.69) is 9.97 Å². The van der Waals surface area contributed by atoms with Gasteiger partial charge in [-0.1, -0.05) is 30.7 Å². The zero-order chi connectivity index (χ0) is 20.7. The maximum absolute atomic E-state index is 13.7. The van der Waals surface area contributed by atoms with Crippen molar-refractivity contribution in [2.75, 3.05) is 5.73 Å². The van der Waals surface area contributed by atoms with Gasteiger partial charge in [0.2, 0.25) is 0 Å². The molecule has 2 N–H and O–H groups in total. The first kappa shape index (κ1) is 19.1. The van der Waals surface area contributed by atoms with E-state index in [4.69, 9.17) is 22.1 Å². The highest BCUT2D eigenvalue weighted by Gasteiger charge is 2.27. The van der Waals surface area contributed by atoms with Crippen LogP contribution in [0.2, 0.25) is 5.02 Å². The van der Waals surface area contributed by atoms with Gasteiger partial charge in [-0.05, 0) is 43.7 Å². The number of ether oxygens (including phenoxy) is 1. The third-order valence-electron chi connectivity index (χ3n) is 4.75. The van der Waals surface area contributed by atoms with Crippen molar-refractivity contribution in [2.24, 2.45) is 0 Å². The van der Waals surface area contributed by atoms with Gasteiger partial charge < -0.3 is 10.5 Å². The molecule has 2 aromatic heterocycles. The Kier molecular flexibility index (Phi) is 4.84. The van der Waals surface area contributed by atoms with Crippen LogP contribution in [0.3, 0.4) is 0 Å². The minimum Gasteiger partial charge on any atom is -0.459 e. The summed E-state index contributed by atoms with van der Waals surface area (Å²) in [6.07, 6.45) is 0.376. The standard InChI is InChI=1S/C21H18ClFN4O2/c1-3-11(2)29-21(28)17-18-20(26-16-7-5-4-6-15(16)25-18)27(19(17)24)12-8-9-14(23)13(22)10-12/h4-11H,3,24H2,1-2H3. The first-order valence-corrected chi connectivity index (χ1v) is 9.51. The number of fused-ring (bicyclic) bond motifs is 2. The lowest BCUT2D eigenvalue weighted by Gasteiger charge is -2.11. The monoisotopic (exact) mass is 412 g/mol. The largest absolute Gasteiger partial charge is 0.459 e. The third kappa shape index (κ3) is 3.27. The molecule has 0 fully saturated rings. The highest BCUT2D eigenvalue weighted by atomic mass is 35.5. The number of anilines is 1. The molecule has 148 valence electrons. The first-order valence-electron chi connectivity index (χ1n) is 9.13. The van der Waals surface area contributed by atoms with Gasteiger partial charge in [-0.2, -0.15) is 0 Å². The highest BCUT2D eigenvalue weighted by Crippen LogP contribution is 2.33. The van der Waals surface area contributed by atoms with Crippen LogP contribution in [0.5, 0.6) is 0 Å². The normalized spacial score (nSPS) is 12.4. The fourth-order valence-corrected chi connectivity index (χ4v) is 3.25. The molecule has 0 radical (unpaired) electrons. The molecule has 4 aromatic rings. The number of rotatable bonds is 4. The Hall–Kier alpha value is -3.19. The number of hydrogen-bond donors (Lipinski definition) is 1. The summed E-state index contributed by atoms with van der Waals surface area (Å²) >= 11 is 5.96. The van der Waals surface area contributed by atoms with Crippen LogP contribution in [0.25, 0.3) is 27.9 Å². The Morgan fingerprint density at radius 1 is 1.24 bits per heavy atom. The third-order valence-corrected chi connectivity index (χ3v) is 5.04. The molecule has 0 saturated carbocycles. The van der Waals surface area contributed by atoms with Crippen molar-refractivity contribution in [3.8, 4) is 5.69 Å². The summed E-state index contributed by atoms with van der Waals surface area (Å²) in [5.41, 5.74) is 8.88. The summed E-state index contributed by atoms with van der Waals surface area (Å²) in [7, 11) is 0. The summed E-state index contributed by atoms with van der Waals surface area (Å²) in [6.45, 7) is 3.71. The lowest BCUT2D eigenvalue weighted by molar-refractivity contribution is 0.0338. The quantitative estimate of drug-likeness (QED) is 0.482. The van der Waals surface area contributed by atoms with Gasteiger partial charge in [0.25, 0.3) is 0 Å².